The minimum Gasteiger partial charge on any atom is -0.483 e. The zero-order chi connectivity index (χ0) is 14.5. The van der Waals surface area contributed by atoms with Crippen LogP contribution in [0, 0.1) is 16.0 Å². The van der Waals surface area contributed by atoms with Gasteiger partial charge in [-0.1, -0.05) is 13.3 Å². The lowest BCUT2D eigenvalue weighted by Crippen LogP contribution is -2.24. The number of nitro groups is 1. The standard InChI is InChI=1S/C15H21NO4/c1-2-11-3-6-13(7-4-11)20-15-9-12(10-17)5-8-14(15)16(18)19/h5,8-9,11,13,17H,2-4,6-7,10H2,1H3. The van der Waals surface area contributed by atoms with Gasteiger partial charge in [0.25, 0.3) is 0 Å². The van der Waals surface area contributed by atoms with E-state index in [1.54, 1.807) is 12.1 Å². The quantitative estimate of drug-likeness (QED) is 0.662. The average molecular weight is 279 g/mol. The minimum absolute atomic E-state index is 0.0279. The van der Waals surface area contributed by atoms with E-state index in [0.29, 0.717) is 5.56 Å². The van der Waals surface area contributed by atoms with Crippen LogP contribution in [0.3, 0.4) is 0 Å². The molecule has 1 aliphatic rings. The molecule has 2 rings (SSSR count). The van der Waals surface area contributed by atoms with Gasteiger partial charge in [0.2, 0.25) is 0 Å². The summed E-state index contributed by atoms with van der Waals surface area (Å²) in [6, 6.07) is 4.53. The highest BCUT2D eigenvalue weighted by atomic mass is 16.6. The van der Waals surface area contributed by atoms with E-state index in [9.17, 15) is 10.1 Å². The van der Waals surface area contributed by atoms with Crippen molar-refractivity contribution in [3.63, 3.8) is 0 Å². The molecule has 0 unspecified atom stereocenters. The molecule has 0 aliphatic heterocycles. The fourth-order valence-electron chi connectivity index (χ4n) is 2.74. The second-order valence-electron chi connectivity index (χ2n) is 5.39. The van der Waals surface area contributed by atoms with E-state index in [1.807, 2.05) is 0 Å². The van der Waals surface area contributed by atoms with Crippen LogP contribution < -0.4 is 4.74 Å². The molecule has 1 saturated carbocycles. The summed E-state index contributed by atoms with van der Waals surface area (Å²) in [7, 11) is 0. The zero-order valence-corrected chi connectivity index (χ0v) is 11.7. The van der Waals surface area contributed by atoms with Crippen LogP contribution in [0.1, 0.15) is 44.6 Å². The Balaban J connectivity index is 2.09. The maximum Gasteiger partial charge on any atom is 0.310 e. The molecule has 0 atom stereocenters. The van der Waals surface area contributed by atoms with Gasteiger partial charge in [-0.2, -0.15) is 0 Å². The minimum atomic E-state index is -0.436. The van der Waals surface area contributed by atoms with E-state index in [1.165, 1.54) is 12.5 Å². The second kappa shape index (κ2) is 6.70. The predicted molar refractivity (Wildman–Crippen MR) is 75.7 cm³/mol. The van der Waals surface area contributed by atoms with E-state index in [-0.39, 0.29) is 24.1 Å². The smallest absolute Gasteiger partial charge is 0.310 e. The van der Waals surface area contributed by atoms with Crippen LogP contribution in [0.2, 0.25) is 0 Å². The van der Waals surface area contributed by atoms with Gasteiger partial charge in [-0.25, -0.2) is 0 Å². The van der Waals surface area contributed by atoms with Crippen LogP contribution in [-0.4, -0.2) is 16.1 Å². The monoisotopic (exact) mass is 279 g/mol. The summed E-state index contributed by atoms with van der Waals surface area (Å²) >= 11 is 0. The number of aliphatic hydroxyl groups excluding tert-OH is 1. The van der Waals surface area contributed by atoms with E-state index >= 15 is 0 Å². The molecule has 1 fully saturated rings. The summed E-state index contributed by atoms with van der Waals surface area (Å²) in [4.78, 5) is 10.6. The van der Waals surface area contributed by atoms with E-state index in [2.05, 4.69) is 6.92 Å². The Hall–Kier alpha value is -1.62. The lowest BCUT2D eigenvalue weighted by Gasteiger charge is -2.28. The van der Waals surface area contributed by atoms with Gasteiger partial charge in [-0.15, -0.1) is 0 Å². The molecule has 0 bridgehead atoms. The average Bonchev–Trinajstić information content (AvgIpc) is 2.47. The van der Waals surface area contributed by atoms with Gasteiger partial charge in [0.1, 0.15) is 0 Å². The lowest BCUT2D eigenvalue weighted by atomic mass is 9.86. The van der Waals surface area contributed by atoms with Gasteiger partial charge in [-0.3, -0.25) is 10.1 Å². The van der Waals surface area contributed by atoms with Gasteiger partial charge in [0.05, 0.1) is 17.6 Å². The highest BCUT2D eigenvalue weighted by Gasteiger charge is 2.24. The fraction of sp³-hybridized carbons (Fsp3) is 0.600. The van der Waals surface area contributed by atoms with Crippen LogP contribution in [0.15, 0.2) is 18.2 Å². The van der Waals surface area contributed by atoms with Crippen LogP contribution in [-0.2, 0) is 6.61 Å². The molecule has 0 heterocycles. The molecular weight excluding hydrogens is 258 g/mol. The van der Waals surface area contributed by atoms with Crippen molar-refractivity contribution in [1.82, 2.24) is 0 Å². The van der Waals surface area contributed by atoms with Gasteiger partial charge >= 0.3 is 5.69 Å². The largest absolute Gasteiger partial charge is 0.483 e. The van der Waals surface area contributed by atoms with E-state index < -0.39 is 4.92 Å². The van der Waals surface area contributed by atoms with E-state index in [4.69, 9.17) is 9.84 Å². The Labute approximate surface area is 118 Å². The molecule has 0 saturated heterocycles. The van der Waals surface area contributed by atoms with Crippen molar-refractivity contribution >= 4 is 5.69 Å². The predicted octanol–water partition coefficient (Wildman–Crippen LogP) is 3.43. The first-order valence-corrected chi connectivity index (χ1v) is 7.18. The van der Waals surface area contributed by atoms with Crippen LogP contribution in [0.4, 0.5) is 5.69 Å². The molecule has 5 nitrogen and oxygen atoms in total. The number of hydrogen-bond acceptors (Lipinski definition) is 4. The van der Waals surface area contributed by atoms with Crippen molar-refractivity contribution in [2.24, 2.45) is 5.92 Å². The number of nitro benzene ring substituents is 1. The molecule has 0 spiro atoms. The maximum absolute atomic E-state index is 11.0. The summed E-state index contributed by atoms with van der Waals surface area (Å²) in [5, 5.41) is 20.2. The maximum atomic E-state index is 11.0. The molecule has 1 aromatic rings. The number of benzene rings is 1. The van der Waals surface area contributed by atoms with Crippen LogP contribution in [0.5, 0.6) is 5.75 Å². The zero-order valence-electron chi connectivity index (χ0n) is 11.7. The Bertz CT molecular complexity index is 467. The number of rotatable bonds is 5. The summed E-state index contributed by atoms with van der Waals surface area (Å²) in [6.07, 6.45) is 5.36. The Morgan fingerprint density at radius 3 is 2.60 bits per heavy atom. The molecule has 5 heteroatoms. The highest BCUT2D eigenvalue weighted by molar-refractivity contribution is 5.48. The molecular formula is C15H21NO4. The van der Waals surface area contributed by atoms with Crippen molar-refractivity contribution in [3.8, 4) is 5.75 Å². The first-order valence-electron chi connectivity index (χ1n) is 7.18. The number of nitrogens with zero attached hydrogens (tertiary/aromatic N) is 1. The molecule has 20 heavy (non-hydrogen) atoms. The van der Waals surface area contributed by atoms with Gasteiger partial charge in [0, 0.05) is 6.07 Å². The lowest BCUT2D eigenvalue weighted by molar-refractivity contribution is -0.386. The van der Waals surface area contributed by atoms with Crippen molar-refractivity contribution in [1.29, 1.82) is 0 Å². The normalized spacial score (nSPS) is 22.5. The molecule has 0 aromatic heterocycles. The second-order valence-corrected chi connectivity index (χ2v) is 5.39. The Kier molecular flexibility index (Phi) is 4.95. The molecule has 0 amide bonds. The molecule has 0 radical (unpaired) electrons. The number of ether oxygens (including phenoxy) is 1. The highest BCUT2D eigenvalue weighted by Crippen LogP contribution is 2.33. The summed E-state index contributed by atoms with van der Waals surface area (Å²) in [5.41, 5.74) is 0.604. The SMILES string of the molecule is CCC1CCC(Oc2cc(CO)ccc2[N+](=O)[O-])CC1. The van der Waals surface area contributed by atoms with E-state index in [0.717, 1.165) is 31.6 Å². The molecule has 1 aliphatic carbocycles. The third-order valence-electron chi connectivity index (χ3n) is 4.07. The molecule has 1 aromatic carbocycles. The van der Waals surface area contributed by atoms with Crippen LogP contribution in [0.25, 0.3) is 0 Å². The summed E-state index contributed by atoms with van der Waals surface area (Å²) < 4.78 is 5.83. The fourth-order valence-corrected chi connectivity index (χ4v) is 2.74. The topological polar surface area (TPSA) is 72.6 Å². The number of hydrogen-bond donors (Lipinski definition) is 1. The first kappa shape index (κ1) is 14.8. The van der Waals surface area contributed by atoms with Crippen molar-refractivity contribution < 1.29 is 14.8 Å². The van der Waals surface area contributed by atoms with Gasteiger partial charge in [0.15, 0.2) is 5.75 Å². The van der Waals surface area contributed by atoms with Crippen molar-refractivity contribution in [2.45, 2.75) is 51.7 Å². The van der Waals surface area contributed by atoms with Crippen LogP contribution >= 0.6 is 0 Å². The Morgan fingerprint density at radius 2 is 2.05 bits per heavy atom. The summed E-state index contributed by atoms with van der Waals surface area (Å²) in [6.45, 7) is 2.05. The summed E-state index contributed by atoms with van der Waals surface area (Å²) in [5.74, 6) is 1.04. The van der Waals surface area contributed by atoms with Gasteiger partial charge < -0.3 is 9.84 Å². The third-order valence-corrected chi connectivity index (χ3v) is 4.07. The molecule has 110 valence electrons. The number of aliphatic hydroxyl groups is 1. The van der Waals surface area contributed by atoms with Crippen molar-refractivity contribution in [3.05, 3.63) is 33.9 Å². The van der Waals surface area contributed by atoms with Crippen molar-refractivity contribution in [2.75, 3.05) is 0 Å². The third kappa shape index (κ3) is 3.48. The molecule has 1 N–H and O–H groups in total. The first-order chi connectivity index (χ1) is 9.63. The Morgan fingerprint density at radius 1 is 1.35 bits per heavy atom. The van der Waals surface area contributed by atoms with Gasteiger partial charge in [-0.05, 0) is 49.3 Å².